The second-order valence-corrected chi connectivity index (χ2v) is 6.57. The van der Waals surface area contributed by atoms with E-state index in [0.717, 1.165) is 13.0 Å². The molecule has 0 aromatic carbocycles. The Morgan fingerprint density at radius 1 is 1.50 bits per heavy atom. The molecule has 5 nitrogen and oxygen atoms in total. The maximum Gasteiger partial charge on any atom is 0.274 e. The topological polar surface area (TPSA) is 58.1 Å². The monoisotopic (exact) mass is 276 g/mol. The van der Waals surface area contributed by atoms with Crippen LogP contribution >= 0.6 is 0 Å². The van der Waals surface area contributed by atoms with E-state index in [1.807, 2.05) is 4.90 Å². The third kappa shape index (κ3) is 3.54. The lowest BCUT2D eigenvalue weighted by molar-refractivity contribution is 0.0462. The van der Waals surface area contributed by atoms with Crippen LogP contribution in [0, 0.1) is 5.92 Å². The summed E-state index contributed by atoms with van der Waals surface area (Å²) < 4.78 is 0. The average molecular weight is 276 g/mol. The molecule has 0 bridgehead atoms. The molecule has 1 unspecified atom stereocenters. The fourth-order valence-electron chi connectivity index (χ4n) is 2.66. The van der Waals surface area contributed by atoms with Crippen molar-refractivity contribution in [1.29, 1.82) is 0 Å². The van der Waals surface area contributed by atoms with E-state index in [4.69, 9.17) is 0 Å². The summed E-state index contributed by atoms with van der Waals surface area (Å²) in [5.41, 5.74) is 0.365. The van der Waals surface area contributed by atoms with Gasteiger partial charge in [0, 0.05) is 37.1 Å². The van der Waals surface area contributed by atoms with Crippen molar-refractivity contribution in [2.45, 2.75) is 45.7 Å². The maximum atomic E-state index is 12.7. The number of nitrogens with zero attached hydrogens (tertiary/aromatic N) is 3. The van der Waals surface area contributed by atoms with Gasteiger partial charge in [-0.05, 0) is 26.2 Å². The van der Waals surface area contributed by atoms with E-state index < -0.39 is 0 Å². The average Bonchev–Trinajstić information content (AvgIpc) is 2.40. The number of hydrogen-bond donors (Lipinski definition) is 1. The SMILES string of the molecule is CC(C)CC1CNC(C)(C)CN1C(=O)c1cnccn1. The van der Waals surface area contributed by atoms with Crippen LogP contribution in [-0.4, -0.2) is 45.4 Å². The first-order valence-electron chi connectivity index (χ1n) is 7.21. The van der Waals surface area contributed by atoms with Crippen LogP contribution < -0.4 is 5.32 Å². The van der Waals surface area contributed by atoms with Gasteiger partial charge in [-0.15, -0.1) is 0 Å². The Bertz CT molecular complexity index is 458. The maximum absolute atomic E-state index is 12.7. The smallest absolute Gasteiger partial charge is 0.274 e. The van der Waals surface area contributed by atoms with Gasteiger partial charge in [0.15, 0.2) is 0 Å². The predicted molar refractivity (Wildman–Crippen MR) is 78.4 cm³/mol. The zero-order valence-corrected chi connectivity index (χ0v) is 12.8. The molecular formula is C15H24N4O. The van der Waals surface area contributed by atoms with Crippen molar-refractivity contribution in [2.75, 3.05) is 13.1 Å². The van der Waals surface area contributed by atoms with Crippen LogP contribution in [-0.2, 0) is 0 Å². The van der Waals surface area contributed by atoms with Crippen LogP contribution in [0.5, 0.6) is 0 Å². The highest BCUT2D eigenvalue weighted by Crippen LogP contribution is 2.21. The number of piperazine rings is 1. The van der Waals surface area contributed by atoms with Crippen LogP contribution in [0.4, 0.5) is 0 Å². The summed E-state index contributed by atoms with van der Waals surface area (Å²) in [6.45, 7) is 10.1. The summed E-state index contributed by atoms with van der Waals surface area (Å²) in [5.74, 6) is 0.540. The highest BCUT2D eigenvalue weighted by molar-refractivity contribution is 5.92. The molecule has 0 aliphatic carbocycles. The van der Waals surface area contributed by atoms with E-state index in [0.29, 0.717) is 18.2 Å². The Balaban J connectivity index is 2.20. The first-order valence-corrected chi connectivity index (χ1v) is 7.21. The second-order valence-electron chi connectivity index (χ2n) is 6.57. The normalized spacial score (nSPS) is 22.1. The second kappa shape index (κ2) is 5.87. The van der Waals surface area contributed by atoms with E-state index in [1.165, 1.54) is 0 Å². The molecule has 2 heterocycles. The zero-order valence-electron chi connectivity index (χ0n) is 12.8. The van der Waals surface area contributed by atoms with Crippen LogP contribution in [0.15, 0.2) is 18.6 Å². The Morgan fingerprint density at radius 3 is 2.85 bits per heavy atom. The number of hydrogen-bond acceptors (Lipinski definition) is 4. The largest absolute Gasteiger partial charge is 0.331 e. The first-order chi connectivity index (χ1) is 9.39. The fourth-order valence-corrected chi connectivity index (χ4v) is 2.66. The summed E-state index contributed by atoms with van der Waals surface area (Å²) in [6, 6.07) is 0.220. The van der Waals surface area contributed by atoms with Gasteiger partial charge in [-0.25, -0.2) is 4.98 Å². The first kappa shape index (κ1) is 14.9. The van der Waals surface area contributed by atoms with E-state index in [9.17, 15) is 4.79 Å². The van der Waals surface area contributed by atoms with Crippen molar-refractivity contribution in [3.63, 3.8) is 0 Å². The van der Waals surface area contributed by atoms with Crippen LogP contribution in [0.2, 0.25) is 0 Å². The predicted octanol–water partition coefficient (Wildman–Crippen LogP) is 1.72. The third-order valence-electron chi connectivity index (χ3n) is 3.61. The van der Waals surface area contributed by atoms with E-state index >= 15 is 0 Å². The molecule has 1 aliphatic rings. The highest BCUT2D eigenvalue weighted by Gasteiger charge is 2.36. The summed E-state index contributed by atoms with van der Waals surface area (Å²) in [4.78, 5) is 22.8. The van der Waals surface area contributed by atoms with Gasteiger partial charge in [0.1, 0.15) is 5.69 Å². The molecule has 110 valence electrons. The number of nitrogens with one attached hydrogen (secondary N) is 1. The standard InChI is InChI=1S/C15H24N4O/c1-11(2)7-12-8-18-15(3,4)10-19(12)14(20)13-9-16-5-6-17-13/h5-6,9,11-12,18H,7-8,10H2,1-4H3. The number of amides is 1. The van der Waals surface area contributed by atoms with Gasteiger partial charge in [0.05, 0.1) is 6.20 Å². The van der Waals surface area contributed by atoms with Crippen molar-refractivity contribution in [2.24, 2.45) is 5.92 Å². The number of rotatable bonds is 3. The molecule has 20 heavy (non-hydrogen) atoms. The Labute approximate surface area is 120 Å². The van der Waals surface area contributed by atoms with E-state index in [-0.39, 0.29) is 17.5 Å². The van der Waals surface area contributed by atoms with Crippen molar-refractivity contribution in [3.05, 3.63) is 24.3 Å². The van der Waals surface area contributed by atoms with Crippen LogP contribution in [0.3, 0.4) is 0 Å². The summed E-state index contributed by atoms with van der Waals surface area (Å²) in [7, 11) is 0. The van der Waals surface area contributed by atoms with Crippen molar-refractivity contribution >= 4 is 5.91 Å². The Hall–Kier alpha value is -1.49. The van der Waals surface area contributed by atoms with Gasteiger partial charge < -0.3 is 10.2 Å². The van der Waals surface area contributed by atoms with Gasteiger partial charge >= 0.3 is 0 Å². The molecule has 1 aromatic heterocycles. The number of carbonyl (C=O) groups excluding carboxylic acids is 1. The molecule has 0 radical (unpaired) electrons. The fraction of sp³-hybridized carbons (Fsp3) is 0.667. The van der Waals surface area contributed by atoms with Gasteiger partial charge in [-0.2, -0.15) is 0 Å². The minimum atomic E-state index is -0.0641. The van der Waals surface area contributed by atoms with E-state index in [1.54, 1.807) is 18.6 Å². The van der Waals surface area contributed by atoms with Crippen molar-refractivity contribution < 1.29 is 4.79 Å². The molecule has 1 fully saturated rings. The van der Waals surface area contributed by atoms with Crippen LogP contribution in [0.1, 0.15) is 44.6 Å². The minimum absolute atomic E-state index is 0.0154. The highest BCUT2D eigenvalue weighted by atomic mass is 16.2. The number of carbonyl (C=O) groups is 1. The number of aromatic nitrogens is 2. The molecule has 2 rings (SSSR count). The Kier molecular flexibility index (Phi) is 4.38. The molecule has 1 saturated heterocycles. The zero-order chi connectivity index (χ0) is 14.8. The van der Waals surface area contributed by atoms with Crippen LogP contribution in [0.25, 0.3) is 0 Å². The lowest BCUT2D eigenvalue weighted by Gasteiger charge is -2.45. The summed E-state index contributed by atoms with van der Waals surface area (Å²) in [5, 5.41) is 3.52. The molecule has 1 atom stereocenters. The van der Waals surface area contributed by atoms with Gasteiger partial charge in [-0.1, -0.05) is 13.8 Å². The van der Waals surface area contributed by atoms with Gasteiger partial charge in [0.2, 0.25) is 0 Å². The molecule has 1 amide bonds. The van der Waals surface area contributed by atoms with Gasteiger partial charge in [-0.3, -0.25) is 9.78 Å². The summed E-state index contributed by atoms with van der Waals surface area (Å²) >= 11 is 0. The third-order valence-corrected chi connectivity index (χ3v) is 3.61. The van der Waals surface area contributed by atoms with Gasteiger partial charge in [0.25, 0.3) is 5.91 Å². The molecule has 0 saturated carbocycles. The quantitative estimate of drug-likeness (QED) is 0.913. The molecule has 0 spiro atoms. The lowest BCUT2D eigenvalue weighted by atomic mass is 9.93. The minimum Gasteiger partial charge on any atom is -0.331 e. The van der Waals surface area contributed by atoms with E-state index in [2.05, 4.69) is 43.0 Å². The molecule has 5 heteroatoms. The molecular weight excluding hydrogens is 252 g/mol. The molecule has 1 aromatic rings. The molecule has 1 aliphatic heterocycles. The summed E-state index contributed by atoms with van der Waals surface area (Å²) in [6.07, 6.45) is 5.70. The van der Waals surface area contributed by atoms with Crippen molar-refractivity contribution in [3.8, 4) is 0 Å². The Morgan fingerprint density at radius 2 is 2.25 bits per heavy atom. The lowest BCUT2D eigenvalue weighted by Crippen LogP contribution is -2.63. The van der Waals surface area contributed by atoms with Crippen molar-refractivity contribution in [1.82, 2.24) is 20.2 Å². The molecule has 1 N–H and O–H groups in total.